The number of allylic oxidation sites excluding steroid dienone is 2. The summed E-state index contributed by atoms with van der Waals surface area (Å²) in [5.74, 6) is -0.505. The average molecular weight is 449 g/mol. The Kier molecular flexibility index (Phi) is 4.22. The van der Waals surface area contributed by atoms with Crippen molar-refractivity contribution in [1.29, 1.82) is 0 Å². The number of aliphatic hydroxyl groups is 1. The molecule has 5 rings (SSSR count). The van der Waals surface area contributed by atoms with Crippen LogP contribution in [0.15, 0.2) is 23.8 Å². The molecule has 8 heteroatoms. The lowest BCUT2D eigenvalue weighted by Gasteiger charge is -2.55. The van der Waals surface area contributed by atoms with Crippen molar-refractivity contribution in [2.75, 3.05) is 14.1 Å². The van der Waals surface area contributed by atoms with Crippen molar-refractivity contribution in [1.82, 2.24) is 0 Å². The quantitative estimate of drug-likeness (QED) is 0.209. The molecular weight excluding hydrogens is 418 g/mol. The number of quaternary nitrogens is 1. The minimum absolute atomic E-state index is 0.0272. The summed E-state index contributed by atoms with van der Waals surface area (Å²) in [4.78, 5) is 25.1. The Morgan fingerprint density at radius 3 is 2.68 bits per heavy atom. The molecule has 0 aromatic heterocycles. The van der Waals surface area contributed by atoms with Crippen LogP contribution in [-0.4, -0.2) is 63.3 Å². The zero-order valence-corrected chi connectivity index (χ0v) is 19.2. The second-order valence-corrected chi connectivity index (χ2v) is 11.2. The second-order valence-electron chi connectivity index (χ2n) is 10.8. The zero-order chi connectivity index (χ0) is 22.6. The third-order valence-corrected chi connectivity index (χ3v) is 9.58. The highest BCUT2D eigenvalue weighted by Gasteiger charge is 2.81. The molecule has 0 aromatic carbocycles. The van der Waals surface area contributed by atoms with E-state index in [2.05, 4.69) is 6.92 Å². The van der Waals surface area contributed by atoms with Crippen LogP contribution in [0.4, 0.5) is 0 Å². The van der Waals surface area contributed by atoms with Crippen molar-refractivity contribution >= 4 is 29.1 Å². The van der Waals surface area contributed by atoms with Gasteiger partial charge >= 0.3 is 11.1 Å². The fourth-order valence-electron chi connectivity index (χ4n) is 7.26. The summed E-state index contributed by atoms with van der Waals surface area (Å²) in [7, 11) is 2.78. The van der Waals surface area contributed by atoms with E-state index in [0.717, 1.165) is 18.4 Å². The van der Waals surface area contributed by atoms with E-state index < -0.39 is 21.6 Å². The standard InChI is InChI=1S/C23H30NO6S/c1-20-9-7-14(25)11-13(20)5-6-16-15-8-10-22(27,18(26)29-19(31)24(3,4)28)21(15,2)12-17-23(16,20)30-17/h7,9,11,15-17,27-28H,5-6,8,10,12H2,1-4H3/q+1/t15-,16-,17-,20-,21-,22-,23+/m0/s1. The van der Waals surface area contributed by atoms with Gasteiger partial charge in [0.05, 0.1) is 6.10 Å². The Morgan fingerprint density at radius 1 is 1.29 bits per heavy atom. The highest BCUT2D eigenvalue weighted by Crippen LogP contribution is 2.75. The van der Waals surface area contributed by atoms with E-state index >= 15 is 0 Å². The van der Waals surface area contributed by atoms with E-state index in [1.807, 2.05) is 13.0 Å². The number of ether oxygens (including phenoxy) is 2. The molecule has 0 bridgehead atoms. The third-order valence-electron chi connectivity index (χ3n) is 9.05. The summed E-state index contributed by atoms with van der Waals surface area (Å²) in [6.45, 7) is 4.12. The maximum absolute atomic E-state index is 13.1. The molecule has 0 radical (unpaired) electrons. The van der Waals surface area contributed by atoms with E-state index in [0.29, 0.717) is 19.3 Å². The van der Waals surface area contributed by atoms with Gasteiger partial charge in [-0.15, -0.1) is 4.65 Å². The normalized spacial score (nSPS) is 47.5. The molecule has 1 heterocycles. The van der Waals surface area contributed by atoms with E-state index in [4.69, 9.17) is 21.7 Å². The summed E-state index contributed by atoms with van der Waals surface area (Å²) < 4.78 is 11.0. The first-order valence-electron chi connectivity index (χ1n) is 11.0. The molecule has 0 aromatic rings. The number of hydrogen-bond acceptors (Lipinski definition) is 7. The lowest BCUT2D eigenvalue weighted by atomic mass is 9.47. The molecule has 7 nitrogen and oxygen atoms in total. The van der Waals surface area contributed by atoms with E-state index in [1.54, 1.807) is 12.2 Å². The van der Waals surface area contributed by atoms with Gasteiger partial charge in [0.25, 0.3) is 0 Å². The third kappa shape index (κ3) is 2.51. The van der Waals surface area contributed by atoms with Crippen LogP contribution in [0.2, 0.25) is 0 Å². The first kappa shape index (κ1) is 21.4. The summed E-state index contributed by atoms with van der Waals surface area (Å²) in [5.41, 5.74) is -2.00. The van der Waals surface area contributed by atoms with Gasteiger partial charge in [-0.2, -0.15) is 0 Å². The number of fused-ring (bicyclic) bond motifs is 3. The Bertz CT molecular complexity index is 968. The predicted molar refractivity (Wildman–Crippen MR) is 114 cm³/mol. The number of carbonyl (C=O) groups is 2. The summed E-state index contributed by atoms with van der Waals surface area (Å²) in [5, 5.41) is 21.3. The minimum Gasteiger partial charge on any atom is -0.378 e. The van der Waals surface area contributed by atoms with Gasteiger partial charge in [-0.25, -0.2) is 10.0 Å². The van der Waals surface area contributed by atoms with Gasteiger partial charge < -0.3 is 14.6 Å². The molecule has 3 saturated carbocycles. The molecule has 4 fully saturated rings. The van der Waals surface area contributed by atoms with Crippen LogP contribution < -0.4 is 0 Å². The molecule has 5 aliphatic rings. The van der Waals surface area contributed by atoms with Crippen molar-refractivity contribution < 1.29 is 34.0 Å². The molecule has 1 aliphatic heterocycles. The largest absolute Gasteiger partial charge is 0.403 e. The first-order valence-corrected chi connectivity index (χ1v) is 11.4. The molecule has 4 aliphatic carbocycles. The van der Waals surface area contributed by atoms with Gasteiger partial charge in [0, 0.05) is 23.0 Å². The monoisotopic (exact) mass is 448 g/mol. The fourth-order valence-corrected chi connectivity index (χ4v) is 7.34. The summed E-state index contributed by atoms with van der Waals surface area (Å²) >= 11 is 5.05. The number of nitrogens with zero attached hydrogens (tertiary/aromatic N) is 1. The number of epoxide rings is 1. The molecule has 7 atom stereocenters. The minimum atomic E-state index is -1.69. The van der Waals surface area contributed by atoms with Crippen molar-refractivity contribution in [2.24, 2.45) is 22.7 Å². The van der Waals surface area contributed by atoms with E-state index in [-0.39, 0.29) is 39.9 Å². The van der Waals surface area contributed by atoms with Crippen molar-refractivity contribution in [2.45, 2.75) is 63.3 Å². The van der Waals surface area contributed by atoms with Crippen LogP contribution in [0, 0.1) is 22.7 Å². The molecule has 31 heavy (non-hydrogen) atoms. The number of hydrogen-bond donors (Lipinski definition) is 2. The smallest absolute Gasteiger partial charge is 0.378 e. The zero-order valence-electron chi connectivity index (χ0n) is 18.4. The topological polar surface area (TPSA) is 96.4 Å². The van der Waals surface area contributed by atoms with Gasteiger partial charge in [-0.05, 0) is 63.0 Å². The summed E-state index contributed by atoms with van der Waals surface area (Å²) in [6.07, 6.45) is 8.51. The molecule has 2 N–H and O–H groups in total. The van der Waals surface area contributed by atoms with Crippen molar-refractivity contribution in [3.05, 3.63) is 23.8 Å². The van der Waals surface area contributed by atoms with Gasteiger partial charge in [0.15, 0.2) is 11.4 Å². The first-order chi connectivity index (χ1) is 14.3. The Labute approximate surface area is 187 Å². The number of esters is 1. The predicted octanol–water partition coefficient (Wildman–Crippen LogP) is 2.45. The lowest BCUT2D eigenvalue weighted by molar-refractivity contribution is -1.00. The van der Waals surface area contributed by atoms with Gasteiger partial charge in [-0.1, -0.05) is 18.6 Å². The second kappa shape index (κ2) is 6.11. The average Bonchev–Trinajstić information content (AvgIpc) is 3.33. The van der Waals surface area contributed by atoms with Crippen molar-refractivity contribution in [3.63, 3.8) is 0 Å². The molecule has 0 unspecified atom stereocenters. The maximum atomic E-state index is 13.1. The Morgan fingerprint density at radius 2 is 2.00 bits per heavy atom. The highest BCUT2D eigenvalue weighted by molar-refractivity contribution is 7.79. The van der Waals surface area contributed by atoms with Crippen LogP contribution in [0.25, 0.3) is 0 Å². The van der Waals surface area contributed by atoms with Gasteiger partial charge in [0.1, 0.15) is 19.7 Å². The van der Waals surface area contributed by atoms with Crippen LogP contribution in [0.3, 0.4) is 0 Å². The number of ketones is 1. The number of rotatable bonds is 1. The number of thiocarbonyl (C=S) groups is 1. The lowest BCUT2D eigenvalue weighted by Crippen LogP contribution is -2.61. The molecule has 1 saturated heterocycles. The Balaban J connectivity index is 1.47. The SMILES string of the molecule is C[C@]12C=CC(=O)C=C1CC[C@H]1[C@@H]3CC[C@](O)(C(=O)OC(=S)[N+](C)(C)O)[C@@]3(C)C[C@@H]3O[C@@]312. The maximum Gasteiger partial charge on any atom is 0.403 e. The number of hydroxylamine groups is 3. The Hall–Kier alpha value is -1.45. The van der Waals surface area contributed by atoms with E-state index in [9.17, 15) is 19.9 Å². The van der Waals surface area contributed by atoms with Crippen molar-refractivity contribution in [3.8, 4) is 0 Å². The van der Waals surface area contributed by atoms with Gasteiger partial charge in [0.2, 0.25) is 0 Å². The van der Waals surface area contributed by atoms with Gasteiger partial charge in [-0.3, -0.25) is 4.79 Å². The summed E-state index contributed by atoms with van der Waals surface area (Å²) in [6, 6.07) is 0. The highest BCUT2D eigenvalue weighted by atomic mass is 32.1. The number of carbonyl (C=O) groups excluding carboxylic acids is 2. The molecule has 1 spiro atoms. The van der Waals surface area contributed by atoms with Crippen LogP contribution in [0.5, 0.6) is 0 Å². The fraction of sp³-hybridized carbons (Fsp3) is 0.696. The molecular formula is C23H30NO6S+. The van der Waals surface area contributed by atoms with Crippen LogP contribution in [0.1, 0.15) is 46.0 Å². The molecule has 168 valence electrons. The van der Waals surface area contributed by atoms with Crippen LogP contribution >= 0.6 is 12.2 Å². The van der Waals surface area contributed by atoms with Crippen LogP contribution in [-0.2, 0) is 19.1 Å². The molecule has 0 amide bonds. The van der Waals surface area contributed by atoms with E-state index in [1.165, 1.54) is 14.1 Å².